The highest BCUT2D eigenvalue weighted by Crippen LogP contribution is 2.30. The van der Waals surface area contributed by atoms with Crippen molar-refractivity contribution in [2.24, 2.45) is 13.0 Å². The standard InChI is InChI=1S/C16H15F3N6O/c1-23-5-4-11-14(23)20-9-21-15(11)24-6-10(7-24)8-25-13(26)3-2-12(22-25)16(17,18)19/h2-5,9-10H,6-8H2,1H3. The number of fused-ring (bicyclic) bond motifs is 1. The summed E-state index contributed by atoms with van der Waals surface area (Å²) in [6.07, 6.45) is -1.18. The minimum absolute atomic E-state index is 0.0254. The topological polar surface area (TPSA) is 68.8 Å². The lowest BCUT2D eigenvalue weighted by atomic mass is 10.00. The van der Waals surface area contributed by atoms with Crippen LogP contribution < -0.4 is 10.5 Å². The van der Waals surface area contributed by atoms with Gasteiger partial charge >= 0.3 is 6.18 Å². The molecule has 26 heavy (non-hydrogen) atoms. The van der Waals surface area contributed by atoms with Gasteiger partial charge in [0.2, 0.25) is 0 Å². The summed E-state index contributed by atoms with van der Waals surface area (Å²) >= 11 is 0. The van der Waals surface area contributed by atoms with Gasteiger partial charge in [0, 0.05) is 38.3 Å². The Bertz CT molecular complexity index is 1020. The van der Waals surface area contributed by atoms with Gasteiger partial charge in [-0.2, -0.15) is 18.3 Å². The maximum absolute atomic E-state index is 12.8. The normalized spacial score (nSPS) is 15.5. The zero-order chi connectivity index (χ0) is 18.5. The van der Waals surface area contributed by atoms with E-state index < -0.39 is 17.4 Å². The van der Waals surface area contributed by atoms with Crippen LogP contribution in [0, 0.1) is 5.92 Å². The summed E-state index contributed by atoms with van der Waals surface area (Å²) in [4.78, 5) is 22.4. The van der Waals surface area contributed by atoms with Crippen molar-refractivity contribution >= 4 is 16.9 Å². The zero-order valence-corrected chi connectivity index (χ0v) is 13.8. The maximum atomic E-state index is 12.8. The molecule has 1 aliphatic heterocycles. The van der Waals surface area contributed by atoms with Crippen molar-refractivity contribution in [1.29, 1.82) is 0 Å². The van der Waals surface area contributed by atoms with Gasteiger partial charge in [-0.25, -0.2) is 14.6 Å². The second-order valence-corrected chi connectivity index (χ2v) is 6.37. The molecule has 0 aromatic carbocycles. The molecule has 1 saturated heterocycles. The number of alkyl halides is 3. The number of aryl methyl sites for hydroxylation is 1. The largest absolute Gasteiger partial charge is 0.435 e. The van der Waals surface area contributed by atoms with E-state index in [9.17, 15) is 18.0 Å². The van der Waals surface area contributed by atoms with E-state index in [0.717, 1.165) is 27.6 Å². The van der Waals surface area contributed by atoms with Crippen molar-refractivity contribution in [2.75, 3.05) is 18.0 Å². The Hall–Kier alpha value is -2.91. The number of hydrogen-bond donors (Lipinski definition) is 0. The van der Waals surface area contributed by atoms with Gasteiger partial charge in [-0.3, -0.25) is 4.79 Å². The van der Waals surface area contributed by atoms with E-state index >= 15 is 0 Å². The summed E-state index contributed by atoms with van der Waals surface area (Å²) in [7, 11) is 1.89. The molecule has 3 aromatic rings. The molecule has 0 spiro atoms. The Kier molecular flexibility index (Phi) is 3.70. The number of nitrogens with zero attached hydrogens (tertiary/aromatic N) is 6. The van der Waals surface area contributed by atoms with Crippen LogP contribution >= 0.6 is 0 Å². The molecule has 136 valence electrons. The molecule has 0 amide bonds. The van der Waals surface area contributed by atoms with E-state index in [2.05, 4.69) is 15.1 Å². The van der Waals surface area contributed by atoms with E-state index in [-0.39, 0.29) is 12.5 Å². The Balaban J connectivity index is 1.50. The lowest BCUT2D eigenvalue weighted by Crippen LogP contribution is -2.50. The average Bonchev–Trinajstić information content (AvgIpc) is 2.93. The summed E-state index contributed by atoms with van der Waals surface area (Å²) < 4.78 is 41.1. The highest BCUT2D eigenvalue weighted by Gasteiger charge is 2.34. The third-order valence-corrected chi connectivity index (χ3v) is 4.49. The second kappa shape index (κ2) is 5.82. The Morgan fingerprint density at radius 3 is 2.69 bits per heavy atom. The lowest BCUT2D eigenvalue weighted by molar-refractivity contribution is -0.142. The third kappa shape index (κ3) is 2.80. The van der Waals surface area contributed by atoms with Gasteiger partial charge in [-0.05, 0) is 12.1 Å². The smallest absolute Gasteiger partial charge is 0.355 e. The Labute approximate surface area is 145 Å². The van der Waals surface area contributed by atoms with E-state index in [4.69, 9.17) is 0 Å². The number of hydrogen-bond acceptors (Lipinski definition) is 5. The van der Waals surface area contributed by atoms with Crippen molar-refractivity contribution < 1.29 is 13.2 Å². The molecule has 0 radical (unpaired) electrons. The van der Waals surface area contributed by atoms with Gasteiger partial charge in [0.05, 0.1) is 11.9 Å². The quantitative estimate of drug-likeness (QED) is 0.707. The first-order valence-electron chi connectivity index (χ1n) is 7.99. The highest BCUT2D eigenvalue weighted by atomic mass is 19.4. The van der Waals surface area contributed by atoms with E-state index in [1.807, 2.05) is 28.8 Å². The fourth-order valence-corrected chi connectivity index (χ4v) is 3.15. The third-order valence-electron chi connectivity index (χ3n) is 4.49. The molecule has 1 aliphatic rings. The van der Waals surface area contributed by atoms with Gasteiger partial charge in [0.25, 0.3) is 5.56 Å². The number of aromatic nitrogens is 5. The molecule has 1 fully saturated rings. The van der Waals surface area contributed by atoms with Crippen LogP contribution in [0.1, 0.15) is 5.69 Å². The molecule has 0 atom stereocenters. The van der Waals surface area contributed by atoms with E-state index in [0.29, 0.717) is 19.2 Å². The van der Waals surface area contributed by atoms with Crippen LogP contribution in [0.25, 0.3) is 11.0 Å². The van der Waals surface area contributed by atoms with Crippen LogP contribution in [-0.4, -0.2) is 37.4 Å². The predicted octanol–water partition coefficient (Wildman–Crippen LogP) is 1.68. The molecular weight excluding hydrogens is 349 g/mol. The van der Waals surface area contributed by atoms with Crippen molar-refractivity contribution in [3.05, 3.63) is 46.8 Å². The van der Waals surface area contributed by atoms with Gasteiger partial charge in [0.15, 0.2) is 5.69 Å². The maximum Gasteiger partial charge on any atom is 0.435 e. The number of anilines is 1. The molecule has 4 rings (SSSR count). The molecule has 0 saturated carbocycles. The first kappa shape index (κ1) is 16.6. The fourth-order valence-electron chi connectivity index (χ4n) is 3.15. The van der Waals surface area contributed by atoms with E-state index in [1.165, 1.54) is 6.33 Å². The summed E-state index contributed by atoms with van der Waals surface area (Å²) in [5.41, 5.74) is -0.784. The van der Waals surface area contributed by atoms with Crippen molar-refractivity contribution in [3.8, 4) is 0 Å². The predicted molar refractivity (Wildman–Crippen MR) is 87.7 cm³/mol. The van der Waals surface area contributed by atoms with Gasteiger partial charge in [0.1, 0.15) is 17.8 Å². The van der Waals surface area contributed by atoms with E-state index in [1.54, 1.807) is 0 Å². The summed E-state index contributed by atoms with van der Waals surface area (Å²) in [5, 5.41) is 4.37. The van der Waals surface area contributed by atoms with Crippen molar-refractivity contribution in [1.82, 2.24) is 24.3 Å². The fraction of sp³-hybridized carbons (Fsp3) is 0.375. The van der Waals surface area contributed by atoms with Crippen LogP contribution in [0.3, 0.4) is 0 Å². The zero-order valence-electron chi connectivity index (χ0n) is 13.8. The molecule has 0 aliphatic carbocycles. The highest BCUT2D eigenvalue weighted by molar-refractivity contribution is 5.88. The molecule has 3 aromatic heterocycles. The van der Waals surface area contributed by atoms with Crippen molar-refractivity contribution in [3.63, 3.8) is 0 Å². The lowest BCUT2D eigenvalue weighted by Gasteiger charge is -2.40. The minimum atomic E-state index is -4.57. The number of halogens is 3. The van der Waals surface area contributed by atoms with Crippen LogP contribution in [0.15, 0.2) is 35.5 Å². The van der Waals surface area contributed by atoms with Crippen LogP contribution in [0.4, 0.5) is 19.0 Å². The molecule has 0 unspecified atom stereocenters. The monoisotopic (exact) mass is 364 g/mol. The molecule has 7 nitrogen and oxygen atoms in total. The average molecular weight is 364 g/mol. The Morgan fingerprint density at radius 1 is 1.19 bits per heavy atom. The SMILES string of the molecule is Cn1ccc2c(N3CC(Cn4nc(C(F)(F)F)ccc4=O)C3)ncnc21. The van der Waals surface area contributed by atoms with Gasteiger partial charge < -0.3 is 9.47 Å². The molecule has 10 heteroatoms. The summed E-state index contributed by atoms with van der Waals surface area (Å²) in [6, 6.07) is 3.54. The minimum Gasteiger partial charge on any atom is -0.355 e. The van der Waals surface area contributed by atoms with Gasteiger partial charge in [-0.1, -0.05) is 0 Å². The van der Waals surface area contributed by atoms with Crippen LogP contribution in [-0.2, 0) is 19.8 Å². The first-order chi connectivity index (χ1) is 12.3. The van der Waals surface area contributed by atoms with Crippen LogP contribution in [0.5, 0.6) is 0 Å². The van der Waals surface area contributed by atoms with Crippen LogP contribution in [0.2, 0.25) is 0 Å². The summed E-state index contributed by atoms with van der Waals surface area (Å²) in [6.45, 7) is 1.32. The molecule has 4 heterocycles. The van der Waals surface area contributed by atoms with Crippen molar-refractivity contribution in [2.45, 2.75) is 12.7 Å². The molecule has 0 N–H and O–H groups in total. The Morgan fingerprint density at radius 2 is 1.96 bits per heavy atom. The second-order valence-electron chi connectivity index (χ2n) is 6.37. The molecular formula is C16H15F3N6O. The molecule has 0 bridgehead atoms. The number of rotatable bonds is 3. The first-order valence-corrected chi connectivity index (χ1v) is 7.99. The summed E-state index contributed by atoms with van der Waals surface area (Å²) in [5.74, 6) is 0.814. The van der Waals surface area contributed by atoms with Gasteiger partial charge in [-0.15, -0.1) is 0 Å².